The van der Waals surface area contributed by atoms with E-state index < -0.39 is 0 Å². The van der Waals surface area contributed by atoms with Crippen molar-refractivity contribution in [1.82, 2.24) is 4.98 Å². The van der Waals surface area contributed by atoms with Gasteiger partial charge in [0.05, 0.1) is 0 Å². The van der Waals surface area contributed by atoms with Crippen molar-refractivity contribution in [2.24, 2.45) is 0 Å². The Morgan fingerprint density at radius 3 is 2.39 bits per heavy atom. The van der Waals surface area contributed by atoms with Gasteiger partial charge in [0.25, 0.3) is 0 Å². The van der Waals surface area contributed by atoms with Crippen molar-refractivity contribution < 1.29 is 4.79 Å². The number of aryl methyl sites for hydroxylation is 1. The molecule has 0 atom stereocenters. The van der Waals surface area contributed by atoms with Crippen LogP contribution in [0, 0.1) is 0 Å². The number of carbonyl (C=O) groups excluding carboxylic acids is 1. The minimum atomic E-state index is 0.303. The van der Waals surface area contributed by atoms with Gasteiger partial charge in [-0.3, -0.25) is 9.78 Å². The normalized spacial score (nSPS) is 10.2. The molecule has 0 bridgehead atoms. The summed E-state index contributed by atoms with van der Waals surface area (Å²) < 4.78 is 0. The second-order valence-electron chi connectivity index (χ2n) is 4.41. The van der Waals surface area contributed by atoms with Gasteiger partial charge in [0.2, 0.25) is 0 Å². The van der Waals surface area contributed by atoms with Gasteiger partial charge in [-0.15, -0.1) is 0 Å². The van der Waals surface area contributed by atoms with Gasteiger partial charge >= 0.3 is 0 Å². The van der Waals surface area contributed by atoms with Gasteiger partial charge in [-0.05, 0) is 36.1 Å². The molecule has 0 radical (unpaired) electrons. The molecule has 1 aromatic carbocycles. The van der Waals surface area contributed by atoms with Crippen LogP contribution in [0.25, 0.3) is 0 Å². The van der Waals surface area contributed by atoms with Crippen LogP contribution in [0.4, 0.5) is 0 Å². The molecule has 1 heterocycles. The molecule has 0 fully saturated rings. The van der Waals surface area contributed by atoms with Crippen LogP contribution >= 0.6 is 0 Å². The molecule has 0 aliphatic heterocycles. The molecular formula is C16H17NO. The number of rotatable bonds is 6. The largest absolute Gasteiger partial charge is 0.299 e. The van der Waals surface area contributed by atoms with Gasteiger partial charge in [0.1, 0.15) is 5.78 Å². The number of benzene rings is 1. The Morgan fingerprint density at radius 1 is 0.944 bits per heavy atom. The lowest BCUT2D eigenvalue weighted by Gasteiger charge is -2.02. The lowest BCUT2D eigenvalue weighted by molar-refractivity contribution is -0.118. The predicted octanol–water partition coefficient (Wildman–Crippen LogP) is 3.22. The summed E-state index contributed by atoms with van der Waals surface area (Å²) >= 11 is 0. The lowest BCUT2D eigenvalue weighted by atomic mass is 10.0. The maximum Gasteiger partial charge on any atom is 0.137 e. The van der Waals surface area contributed by atoms with Crippen LogP contribution in [0.2, 0.25) is 0 Å². The molecule has 2 aromatic rings. The predicted molar refractivity (Wildman–Crippen MR) is 72.3 cm³/mol. The van der Waals surface area contributed by atoms with E-state index >= 15 is 0 Å². The summed E-state index contributed by atoms with van der Waals surface area (Å²) in [5.74, 6) is 0.303. The first-order valence-electron chi connectivity index (χ1n) is 6.29. The van der Waals surface area contributed by atoms with Crippen LogP contribution in [0.1, 0.15) is 24.0 Å². The first-order valence-corrected chi connectivity index (χ1v) is 6.29. The Morgan fingerprint density at radius 2 is 1.67 bits per heavy atom. The summed E-state index contributed by atoms with van der Waals surface area (Å²) in [6, 6.07) is 14.1. The highest BCUT2D eigenvalue weighted by atomic mass is 16.1. The molecule has 0 amide bonds. The lowest BCUT2D eigenvalue weighted by Crippen LogP contribution is -2.03. The summed E-state index contributed by atoms with van der Waals surface area (Å²) in [6.45, 7) is 0. The molecular weight excluding hydrogens is 222 g/mol. The third kappa shape index (κ3) is 4.13. The Labute approximate surface area is 108 Å². The fourth-order valence-corrected chi connectivity index (χ4v) is 1.95. The van der Waals surface area contributed by atoms with Crippen molar-refractivity contribution in [2.45, 2.75) is 25.7 Å². The second-order valence-corrected chi connectivity index (χ2v) is 4.41. The number of aromatic nitrogens is 1. The Balaban J connectivity index is 1.73. The summed E-state index contributed by atoms with van der Waals surface area (Å²) in [5.41, 5.74) is 2.35. The number of hydrogen-bond acceptors (Lipinski definition) is 2. The van der Waals surface area contributed by atoms with Gasteiger partial charge in [-0.25, -0.2) is 0 Å². The number of pyridine rings is 1. The molecule has 0 spiro atoms. The maximum atomic E-state index is 11.8. The summed E-state index contributed by atoms with van der Waals surface area (Å²) in [4.78, 5) is 15.7. The van der Waals surface area contributed by atoms with E-state index in [1.165, 1.54) is 5.56 Å². The first kappa shape index (κ1) is 12.5. The van der Waals surface area contributed by atoms with Crippen molar-refractivity contribution in [3.05, 3.63) is 66.0 Å². The fourth-order valence-electron chi connectivity index (χ4n) is 1.95. The molecule has 2 heteroatoms. The highest BCUT2D eigenvalue weighted by Gasteiger charge is 2.03. The zero-order valence-corrected chi connectivity index (χ0v) is 10.4. The molecule has 18 heavy (non-hydrogen) atoms. The number of carbonyl (C=O) groups is 1. The quantitative estimate of drug-likeness (QED) is 0.774. The molecule has 2 nitrogen and oxygen atoms in total. The average Bonchev–Trinajstić information content (AvgIpc) is 2.41. The summed E-state index contributed by atoms with van der Waals surface area (Å²) in [7, 11) is 0. The van der Waals surface area contributed by atoms with Gasteiger partial charge < -0.3 is 0 Å². The van der Waals surface area contributed by atoms with Crippen LogP contribution in [0.3, 0.4) is 0 Å². The zero-order valence-electron chi connectivity index (χ0n) is 10.4. The Kier molecular flexibility index (Phi) is 4.65. The number of nitrogens with zero attached hydrogens (tertiary/aromatic N) is 1. The maximum absolute atomic E-state index is 11.8. The third-order valence-corrected chi connectivity index (χ3v) is 2.91. The van der Waals surface area contributed by atoms with Gasteiger partial charge in [-0.1, -0.05) is 30.3 Å². The van der Waals surface area contributed by atoms with E-state index in [0.29, 0.717) is 18.6 Å². The van der Waals surface area contributed by atoms with Crippen molar-refractivity contribution in [3.63, 3.8) is 0 Å². The Bertz CT molecular complexity index is 479. The number of hydrogen-bond donors (Lipinski definition) is 0. The van der Waals surface area contributed by atoms with E-state index in [1.54, 1.807) is 12.4 Å². The van der Waals surface area contributed by atoms with Gasteiger partial charge in [0, 0.05) is 25.2 Å². The van der Waals surface area contributed by atoms with Gasteiger partial charge in [-0.2, -0.15) is 0 Å². The molecule has 0 aliphatic carbocycles. The first-order chi connectivity index (χ1) is 8.84. The molecule has 0 N–H and O–H groups in total. The number of ketones is 1. The average molecular weight is 239 g/mol. The standard InChI is InChI=1S/C16H17NO/c18-16(13-15-9-11-17-12-10-15)8-4-7-14-5-2-1-3-6-14/h1-3,5-6,9-12H,4,7-8,13H2. The van der Waals surface area contributed by atoms with Crippen molar-refractivity contribution in [2.75, 3.05) is 0 Å². The van der Waals surface area contributed by atoms with Crippen molar-refractivity contribution >= 4 is 5.78 Å². The topological polar surface area (TPSA) is 30.0 Å². The third-order valence-electron chi connectivity index (χ3n) is 2.91. The van der Waals surface area contributed by atoms with Crippen molar-refractivity contribution in [1.29, 1.82) is 0 Å². The monoisotopic (exact) mass is 239 g/mol. The second kappa shape index (κ2) is 6.70. The van der Waals surface area contributed by atoms with E-state index in [4.69, 9.17) is 0 Å². The minimum absolute atomic E-state index is 0.303. The van der Waals surface area contributed by atoms with Crippen LogP contribution in [0.15, 0.2) is 54.9 Å². The van der Waals surface area contributed by atoms with Crippen LogP contribution in [0.5, 0.6) is 0 Å². The number of Topliss-reactive ketones (excluding diaryl/α,β-unsaturated/α-hetero) is 1. The molecule has 0 saturated carbocycles. The zero-order chi connectivity index (χ0) is 12.6. The molecule has 2 rings (SSSR count). The van der Waals surface area contributed by atoms with Crippen LogP contribution in [-0.2, 0) is 17.6 Å². The molecule has 0 aliphatic rings. The molecule has 1 aromatic heterocycles. The van der Waals surface area contributed by atoms with Crippen LogP contribution < -0.4 is 0 Å². The SMILES string of the molecule is O=C(CCCc1ccccc1)Cc1ccncc1. The highest BCUT2D eigenvalue weighted by Crippen LogP contribution is 2.07. The van der Waals surface area contributed by atoms with E-state index in [-0.39, 0.29) is 0 Å². The van der Waals surface area contributed by atoms with Gasteiger partial charge in [0.15, 0.2) is 0 Å². The van der Waals surface area contributed by atoms with E-state index in [9.17, 15) is 4.79 Å². The van der Waals surface area contributed by atoms with E-state index in [1.807, 2.05) is 30.3 Å². The highest BCUT2D eigenvalue weighted by molar-refractivity contribution is 5.80. The molecule has 92 valence electrons. The molecule has 0 unspecified atom stereocenters. The fraction of sp³-hybridized carbons (Fsp3) is 0.250. The van der Waals surface area contributed by atoms with Crippen molar-refractivity contribution in [3.8, 4) is 0 Å². The van der Waals surface area contributed by atoms with E-state index in [2.05, 4.69) is 17.1 Å². The van der Waals surface area contributed by atoms with Crippen LogP contribution in [-0.4, -0.2) is 10.8 Å². The summed E-state index contributed by atoms with van der Waals surface area (Å²) in [6.07, 6.45) is 6.53. The molecule has 0 saturated heterocycles. The van der Waals surface area contributed by atoms with E-state index in [0.717, 1.165) is 18.4 Å². The summed E-state index contributed by atoms with van der Waals surface area (Å²) in [5, 5.41) is 0. The minimum Gasteiger partial charge on any atom is -0.299 e. The smallest absolute Gasteiger partial charge is 0.137 e. The Hall–Kier alpha value is -1.96.